The van der Waals surface area contributed by atoms with Crippen molar-refractivity contribution in [1.82, 2.24) is 14.9 Å². The zero-order valence-corrected chi connectivity index (χ0v) is 13.4. The lowest BCUT2D eigenvalue weighted by molar-refractivity contribution is 0.252. The van der Waals surface area contributed by atoms with Crippen molar-refractivity contribution < 1.29 is 0 Å². The van der Waals surface area contributed by atoms with E-state index in [0.29, 0.717) is 12.1 Å². The average Bonchev–Trinajstić information content (AvgIpc) is 3.23. The molecule has 1 aromatic heterocycles. The fourth-order valence-electron chi connectivity index (χ4n) is 2.84. The Kier molecular flexibility index (Phi) is 4.29. The Hall–Kier alpha value is -1.36. The maximum absolute atomic E-state index is 4.75. The van der Waals surface area contributed by atoms with Crippen LogP contribution >= 0.6 is 0 Å². The van der Waals surface area contributed by atoms with Gasteiger partial charge < -0.3 is 10.6 Å². The van der Waals surface area contributed by atoms with Gasteiger partial charge in [0.15, 0.2) is 0 Å². The van der Waals surface area contributed by atoms with Gasteiger partial charge >= 0.3 is 0 Å². The molecule has 0 radical (unpaired) electrons. The SMILES string of the molecule is CCCN1CCc2nc(NC(C)C)nc(NC3CC3)c2C1. The number of hydrogen-bond donors (Lipinski definition) is 2. The molecule has 0 amide bonds. The van der Waals surface area contributed by atoms with Crippen molar-refractivity contribution in [1.29, 1.82) is 0 Å². The molecule has 1 aliphatic carbocycles. The monoisotopic (exact) mass is 289 g/mol. The molecule has 3 rings (SSSR count). The third-order valence-corrected chi connectivity index (χ3v) is 4.02. The molecule has 0 spiro atoms. The smallest absolute Gasteiger partial charge is 0.225 e. The summed E-state index contributed by atoms with van der Waals surface area (Å²) in [5.41, 5.74) is 2.54. The lowest BCUT2D eigenvalue weighted by atomic mass is 10.1. The van der Waals surface area contributed by atoms with Crippen molar-refractivity contribution in [3.05, 3.63) is 11.3 Å². The molecule has 2 N–H and O–H groups in total. The molecule has 1 saturated carbocycles. The van der Waals surface area contributed by atoms with Crippen LogP contribution in [0, 0.1) is 0 Å². The van der Waals surface area contributed by atoms with Gasteiger partial charge in [0.1, 0.15) is 5.82 Å². The van der Waals surface area contributed by atoms with E-state index in [0.717, 1.165) is 37.8 Å². The molecule has 5 nitrogen and oxygen atoms in total. The van der Waals surface area contributed by atoms with Gasteiger partial charge in [0.05, 0.1) is 5.69 Å². The molecule has 0 unspecified atom stereocenters. The van der Waals surface area contributed by atoms with Crippen LogP contribution in [0.15, 0.2) is 0 Å². The van der Waals surface area contributed by atoms with E-state index in [2.05, 4.69) is 36.3 Å². The second kappa shape index (κ2) is 6.18. The zero-order chi connectivity index (χ0) is 14.8. The Bertz CT molecular complexity index is 496. The normalized spacial score (nSPS) is 18.7. The molecule has 1 aliphatic heterocycles. The van der Waals surface area contributed by atoms with E-state index in [-0.39, 0.29) is 0 Å². The van der Waals surface area contributed by atoms with Gasteiger partial charge in [0.2, 0.25) is 5.95 Å². The van der Waals surface area contributed by atoms with Crippen molar-refractivity contribution >= 4 is 11.8 Å². The Labute approximate surface area is 127 Å². The number of fused-ring (bicyclic) bond motifs is 1. The molecule has 5 heteroatoms. The highest BCUT2D eigenvalue weighted by atomic mass is 15.2. The Morgan fingerprint density at radius 2 is 2.10 bits per heavy atom. The summed E-state index contributed by atoms with van der Waals surface area (Å²) in [6.07, 6.45) is 4.77. The summed E-state index contributed by atoms with van der Waals surface area (Å²) in [6, 6.07) is 0.981. The lowest BCUT2D eigenvalue weighted by Gasteiger charge is -2.29. The van der Waals surface area contributed by atoms with Crippen molar-refractivity contribution in [3.8, 4) is 0 Å². The van der Waals surface area contributed by atoms with Gasteiger partial charge in [-0.1, -0.05) is 6.92 Å². The number of aromatic nitrogens is 2. The first-order chi connectivity index (χ1) is 10.2. The van der Waals surface area contributed by atoms with Crippen LogP contribution in [0.25, 0.3) is 0 Å². The zero-order valence-electron chi connectivity index (χ0n) is 13.4. The Balaban J connectivity index is 1.86. The molecular weight excluding hydrogens is 262 g/mol. The third kappa shape index (κ3) is 3.64. The summed E-state index contributed by atoms with van der Waals surface area (Å²) in [7, 11) is 0. The van der Waals surface area contributed by atoms with E-state index in [1.54, 1.807) is 0 Å². The molecule has 2 heterocycles. The van der Waals surface area contributed by atoms with Crippen LogP contribution in [-0.2, 0) is 13.0 Å². The molecular formula is C16H27N5. The predicted octanol–water partition coefficient (Wildman–Crippen LogP) is 2.64. The number of anilines is 2. The molecule has 21 heavy (non-hydrogen) atoms. The summed E-state index contributed by atoms with van der Waals surface area (Å²) in [5.74, 6) is 1.84. The summed E-state index contributed by atoms with van der Waals surface area (Å²) in [4.78, 5) is 12.0. The summed E-state index contributed by atoms with van der Waals surface area (Å²) in [6.45, 7) is 9.75. The van der Waals surface area contributed by atoms with E-state index in [1.165, 1.54) is 30.5 Å². The molecule has 0 bridgehead atoms. The van der Waals surface area contributed by atoms with E-state index in [9.17, 15) is 0 Å². The number of rotatable bonds is 6. The van der Waals surface area contributed by atoms with Gasteiger partial charge in [0, 0.05) is 37.2 Å². The number of hydrogen-bond acceptors (Lipinski definition) is 5. The lowest BCUT2D eigenvalue weighted by Crippen LogP contribution is -2.33. The molecule has 1 aromatic rings. The van der Waals surface area contributed by atoms with E-state index in [1.807, 2.05) is 0 Å². The molecule has 0 saturated heterocycles. The number of nitrogens with one attached hydrogen (secondary N) is 2. The molecule has 0 aromatic carbocycles. The van der Waals surface area contributed by atoms with Crippen LogP contribution in [0.1, 0.15) is 51.3 Å². The van der Waals surface area contributed by atoms with Crippen LogP contribution < -0.4 is 10.6 Å². The maximum Gasteiger partial charge on any atom is 0.225 e. The van der Waals surface area contributed by atoms with Gasteiger partial charge in [-0.05, 0) is 39.7 Å². The summed E-state index contributed by atoms with van der Waals surface area (Å²) in [5, 5.41) is 6.95. The van der Waals surface area contributed by atoms with Crippen LogP contribution in [0.2, 0.25) is 0 Å². The standard InChI is InChI=1S/C16H27N5/c1-4-8-21-9-7-14-13(10-21)15(18-12-5-6-12)20-16(19-14)17-11(2)3/h11-12H,4-10H2,1-3H3,(H2,17,18,19,20). The fourth-order valence-corrected chi connectivity index (χ4v) is 2.84. The highest BCUT2D eigenvalue weighted by molar-refractivity contribution is 5.53. The second-order valence-electron chi connectivity index (χ2n) is 6.56. The first-order valence-corrected chi connectivity index (χ1v) is 8.31. The van der Waals surface area contributed by atoms with Crippen molar-refractivity contribution in [3.63, 3.8) is 0 Å². The van der Waals surface area contributed by atoms with Gasteiger partial charge in [-0.3, -0.25) is 4.90 Å². The maximum atomic E-state index is 4.75. The molecule has 116 valence electrons. The van der Waals surface area contributed by atoms with Gasteiger partial charge in [-0.15, -0.1) is 0 Å². The third-order valence-electron chi connectivity index (χ3n) is 4.02. The Morgan fingerprint density at radius 3 is 2.76 bits per heavy atom. The van der Waals surface area contributed by atoms with Crippen LogP contribution in [0.5, 0.6) is 0 Å². The van der Waals surface area contributed by atoms with E-state index < -0.39 is 0 Å². The summed E-state index contributed by atoms with van der Waals surface area (Å²) >= 11 is 0. The topological polar surface area (TPSA) is 53.1 Å². The van der Waals surface area contributed by atoms with E-state index in [4.69, 9.17) is 9.97 Å². The van der Waals surface area contributed by atoms with Crippen molar-refractivity contribution in [2.45, 2.75) is 65.1 Å². The highest BCUT2D eigenvalue weighted by Crippen LogP contribution is 2.30. The largest absolute Gasteiger partial charge is 0.367 e. The first-order valence-electron chi connectivity index (χ1n) is 8.31. The van der Waals surface area contributed by atoms with Gasteiger partial charge in [-0.2, -0.15) is 4.98 Å². The van der Waals surface area contributed by atoms with Crippen molar-refractivity contribution in [2.24, 2.45) is 0 Å². The minimum Gasteiger partial charge on any atom is -0.367 e. The van der Waals surface area contributed by atoms with Crippen molar-refractivity contribution in [2.75, 3.05) is 23.7 Å². The average molecular weight is 289 g/mol. The number of nitrogens with zero attached hydrogens (tertiary/aromatic N) is 3. The van der Waals surface area contributed by atoms with E-state index >= 15 is 0 Å². The Morgan fingerprint density at radius 1 is 1.29 bits per heavy atom. The first kappa shape index (κ1) is 14.6. The molecule has 2 aliphatic rings. The highest BCUT2D eigenvalue weighted by Gasteiger charge is 2.27. The fraction of sp³-hybridized carbons (Fsp3) is 0.750. The molecule has 0 atom stereocenters. The van der Waals surface area contributed by atoms with Crippen LogP contribution in [-0.4, -0.2) is 40.0 Å². The van der Waals surface area contributed by atoms with Gasteiger partial charge in [0.25, 0.3) is 0 Å². The summed E-state index contributed by atoms with van der Waals surface area (Å²) < 4.78 is 0. The molecule has 1 fully saturated rings. The minimum atomic E-state index is 0.358. The second-order valence-corrected chi connectivity index (χ2v) is 6.56. The quantitative estimate of drug-likeness (QED) is 0.843. The van der Waals surface area contributed by atoms with Crippen LogP contribution in [0.4, 0.5) is 11.8 Å². The van der Waals surface area contributed by atoms with Crippen LogP contribution in [0.3, 0.4) is 0 Å². The predicted molar refractivity (Wildman–Crippen MR) is 86.7 cm³/mol. The van der Waals surface area contributed by atoms with Gasteiger partial charge in [-0.25, -0.2) is 4.98 Å². The minimum absolute atomic E-state index is 0.358.